The Morgan fingerprint density at radius 3 is 2.43 bits per heavy atom. The molecule has 1 atom stereocenters. The second-order valence-corrected chi connectivity index (χ2v) is 6.99. The minimum absolute atomic E-state index is 0. The van der Waals surface area contributed by atoms with Crippen molar-refractivity contribution in [2.24, 2.45) is 0 Å². The molecule has 1 unspecified atom stereocenters. The molecule has 2 aromatic carbocycles. The van der Waals surface area contributed by atoms with Crippen molar-refractivity contribution in [2.75, 3.05) is 33.9 Å². The maximum absolute atomic E-state index is 10.5. The Morgan fingerprint density at radius 2 is 1.79 bits per heavy atom. The number of halogens is 1. The van der Waals surface area contributed by atoms with Crippen LogP contribution in [0.4, 0.5) is 0 Å². The minimum Gasteiger partial charge on any atom is -0.493 e. The van der Waals surface area contributed by atoms with Gasteiger partial charge < -0.3 is 14.6 Å². The molecular weight excluding hydrogens is 374 g/mol. The van der Waals surface area contributed by atoms with Crippen LogP contribution in [-0.2, 0) is 6.42 Å². The number of nitrogens with zero attached hydrogens (tertiary/aromatic N) is 1. The molecule has 1 N–H and O–H groups in total. The summed E-state index contributed by atoms with van der Waals surface area (Å²) >= 11 is 0. The molecule has 28 heavy (non-hydrogen) atoms. The summed E-state index contributed by atoms with van der Waals surface area (Å²) in [4.78, 5) is 2.40. The SMILES string of the molecule is COc1ccc(C(O)CCN2CC=C(Cc3ccccc3)CC2)cc1OC.Cl. The van der Waals surface area contributed by atoms with Crippen LogP contribution in [0.3, 0.4) is 0 Å². The van der Waals surface area contributed by atoms with Crippen molar-refractivity contribution in [3.8, 4) is 11.5 Å². The molecule has 2 aromatic rings. The van der Waals surface area contributed by atoms with Gasteiger partial charge in [0.05, 0.1) is 20.3 Å². The average Bonchev–Trinajstić information content (AvgIpc) is 2.73. The van der Waals surface area contributed by atoms with E-state index in [4.69, 9.17) is 9.47 Å². The zero-order valence-electron chi connectivity index (χ0n) is 16.6. The van der Waals surface area contributed by atoms with E-state index in [-0.39, 0.29) is 12.4 Å². The van der Waals surface area contributed by atoms with Crippen LogP contribution in [0.15, 0.2) is 60.2 Å². The molecular formula is C23H30ClNO3. The van der Waals surface area contributed by atoms with Gasteiger partial charge in [-0.05, 0) is 42.5 Å². The standard InChI is InChI=1S/C23H29NO3.ClH/c1-26-22-9-8-20(17-23(22)27-2)21(25)12-15-24-13-10-19(11-14-24)16-18-6-4-3-5-7-18;/h3-10,17,21,25H,11-16H2,1-2H3;1H. The van der Waals surface area contributed by atoms with Crippen molar-refractivity contribution < 1.29 is 14.6 Å². The van der Waals surface area contributed by atoms with E-state index < -0.39 is 6.10 Å². The van der Waals surface area contributed by atoms with Gasteiger partial charge in [-0.2, -0.15) is 0 Å². The Bertz CT molecular complexity index is 764. The fraction of sp³-hybridized carbons (Fsp3) is 0.391. The second-order valence-electron chi connectivity index (χ2n) is 6.99. The summed E-state index contributed by atoms with van der Waals surface area (Å²) in [5.74, 6) is 1.33. The molecule has 0 radical (unpaired) electrons. The van der Waals surface area contributed by atoms with Crippen molar-refractivity contribution in [1.29, 1.82) is 0 Å². The number of hydrogen-bond donors (Lipinski definition) is 1. The smallest absolute Gasteiger partial charge is 0.161 e. The number of ether oxygens (including phenoxy) is 2. The Kier molecular flexibility index (Phi) is 8.84. The van der Waals surface area contributed by atoms with E-state index >= 15 is 0 Å². The number of aliphatic hydroxyl groups excluding tert-OH is 1. The molecule has 0 aliphatic carbocycles. The van der Waals surface area contributed by atoms with Gasteiger partial charge in [0.2, 0.25) is 0 Å². The van der Waals surface area contributed by atoms with Gasteiger partial charge in [0.1, 0.15) is 0 Å². The van der Waals surface area contributed by atoms with Crippen LogP contribution in [0.25, 0.3) is 0 Å². The summed E-state index contributed by atoms with van der Waals surface area (Å²) in [5.41, 5.74) is 3.75. The van der Waals surface area contributed by atoms with E-state index in [9.17, 15) is 5.11 Å². The predicted octanol–water partition coefficient (Wildman–Crippen LogP) is 4.42. The summed E-state index contributed by atoms with van der Waals surface area (Å²) in [5, 5.41) is 10.5. The molecule has 1 aliphatic heterocycles. The second kappa shape index (κ2) is 11.1. The van der Waals surface area contributed by atoms with E-state index in [0.29, 0.717) is 17.9 Å². The van der Waals surface area contributed by atoms with Gasteiger partial charge in [0.15, 0.2) is 11.5 Å². The molecule has 1 aliphatic rings. The first-order chi connectivity index (χ1) is 13.2. The van der Waals surface area contributed by atoms with Gasteiger partial charge in [0.25, 0.3) is 0 Å². The van der Waals surface area contributed by atoms with Crippen LogP contribution >= 0.6 is 12.4 Å². The molecule has 0 saturated heterocycles. The third-order valence-electron chi connectivity index (χ3n) is 5.17. The first kappa shape index (κ1) is 22.3. The Labute approximate surface area is 174 Å². The van der Waals surface area contributed by atoms with Gasteiger partial charge in [-0.15, -0.1) is 12.4 Å². The maximum Gasteiger partial charge on any atom is 0.161 e. The third kappa shape index (κ3) is 5.99. The van der Waals surface area contributed by atoms with Gasteiger partial charge >= 0.3 is 0 Å². The van der Waals surface area contributed by atoms with Crippen molar-refractivity contribution in [3.63, 3.8) is 0 Å². The van der Waals surface area contributed by atoms with Crippen LogP contribution in [-0.4, -0.2) is 43.9 Å². The fourth-order valence-corrected chi connectivity index (χ4v) is 3.51. The van der Waals surface area contributed by atoms with Crippen LogP contribution in [0.1, 0.15) is 30.1 Å². The van der Waals surface area contributed by atoms with Crippen molar-refractivity contribution >= 4 is 12.4 Å². The molecule has 0 spiro atoms. The molecule has 0 bridgehead atoms. The van der Waals surface area contributed by atoms with E-state index in [2.05, 4.69) is 41.3 Å². The zero-order chi connectivity index (χ0) is 19.1. The lowest BCUT2D eigenvalue weighted by Crippen LogP contribution is -2.30. The zero-order valence-corrected chi connectivity index (χ0v) is 17.5. The third-order valence-corrected chi connectivity index (χ3v) is 5.17. The lowest BCUT2D eigenvalue weighted by atomic mass is 9.99. The molecule has 0 fully saturated rings. The molecule has 0 saturated carbocycles. The molecule has 3 rings (SSSR count). The summed E-state index contributed by atoms with van der Waals surface area (Å²) in [6, 6.07) is 16.2. The lowest BCUT2D eigenvalue weighted by Gasteiger charge is -2.27. The van der Waals surface area contributed by atoms with Crippen molar-refractivity contribution in [3.05, 3.63) is 71.3 Å². The minimum atomic E-state index is -0.500. The van der Waals surface area contributed by atoms with E-state index in [1.54, 1.807) is 14.2 Å². The van der Waals surface area contributed by atoms with Crippen molar-refractivity contribution in [1.82, 2.24) is 4.90 Å². The summed E-state index contributed by atoms with van der Waals surface area (Å²) in [6.07, 6.45) is 4.69. The lowest BCUT2D eigenvalue weighted by molar-refractivity contribution is 0.144. The van der Waals surface area contributed by atoms with E-state index in [0.717, 1.165) is 38.0 Å². The van der Waals surface area contributed by atoms with Gasteiger partial charge in [-0.25, -0.2) is 0 Å². The number of rotatable bonds is 8. The highest BCUT2D eigenvalue weighted by Crippen LogP contribution is 2.31. The molecule has 4 nitrogen and oxygen atoms in total. The summed E-state index contributed by atoms with van der Waals surface area (Å²) < 4.78 is 10.6. The monoisotopic (exact) mass is 403 g/mol. The maximum atomic E-state index is 10.5. The van der Waals surface area contributed by atoms with Gasteiger partial charge in [0, 0.05) is 19.6 Å². The van der Waals surface area contributed by atoms with Crippen LogP contribution < -0.4 is 9.47 Å². The topological polar surface area (TPSA) is 41.9 Å². The number of hydrogen-bond acceptors (Lipinski definition) is 4. The van der Waals surface area contributed by atoms with E-state index in [1.165, 1.54) is 11.1 Å². The number of benzene rings is 2. The van der Waals surface area contributed by atoms with Crippen LogP contribution in [0, 0.1) is 0 Å². The normalized spacial score (nSPS) is 15.3. The first-order valence-electron chi connectivity index (χ1n) is 9.53. The fourth-order valence-electron chi connectivity index (χ4n) is 3.51. The quantitative estimate of drug-likeness (QED) is 0.662. The molecule has 0 amide bonds. The number of aliphatic hydroxyl groups is 1. The largest absolute Gasteiger partial charge is 0.493 e. The summed E-state index contributed by atoms with van der Waals surface area (Å²) in [7, 11) is 3.23. The summed E-state index contributed by atoms with van der Waals surface area (Å²) in [6.45, 7) is 2.89. The predicted molar refractivity (Wildman–Crippen MR) is 116 cm³/mol. The highest BCUT2D eigenvalue weighted by atomic mass is 35.5. The Morgan fingerprint density at radius 1 is 1.04 bits per heavy atom. The van der Waals surface area contributed by atoms with Crippen LogP contribution in [0.5, 0.6) is 11.5 Å². The molecule has 1 heterocycles. The van der Waals surface area contributed by atoms with Gasteiger partial charge in [-0.3, -0.25) is 4.90 Å². The molecule has 0 aromatic heterocycles. The Balaban J connectivity index is 0.00000280. The highest BCUT2D eigenvalue weighted by Gasteiger charge is 2.16. The van der Waals surface area contributed by atoms with Gasteiger partial charge in [-0.1, -0.05) is 48.0 Å². The highest BCUT2D eigenvalue weighted by molar-refractivity contribution is 5.85. The molecule has 152 valence electrons. The average molecular weight is 404 g/mol. The van der Waals surface area contributed by atoms with Crippen LogP contribution in [0.2, 0.25) is 0 Å². The molecule has 5 heteroatoms. The number of methoxy groups -OCH3 is 2. The van der Waals surface area contributed by atoms with Crippen molar-refractivity contribution in [2.45, 2.75) is 25.4 Å². The Hall–Kier alpha value is -2.01. The van der Waals surface area contributed by atoms with E-state index in [1.807, 2.05) is 18.2 Å². The first-order valence-corrected chi connectivity index (χ1v) is 9.53.